The van der Waals surface area contributed by atoms with Crippen molar-refractivity contribution in [2.24, 2.45) is 7.05 Å². The van der Waals surface area contributed by atoms with Crippen LogP contribution >= 0.6 is 0 Å². The van der Waals surface area contributed by atoms with Crippen LogP contribution in [-0.2, 0) is 20.0 Å². The van der Waals surface area contributed by atoms with Crippen molar-refractivity contribution >= 4 is 0 Å². The van der Waals surface area contributed by atoms with Crippen molar-refractivity contribution in [3.8, 4) is 0 Å². The Morgan fingerprint density at radius 1 is 1.33 bits per heavy atom. The van der Waals surface area contributed by atoms with Crippen molar-refractivity contribution in [3.05, 3.63) is 52.9 Å². The Kier molecular flexibility index (Phi) is 5.03. The third-order valence-corrected chi connectivity index (χ3v) is 3.31. The zero-order valence-electron chi connectivity index (χ0n) is 12.1. The topological polar surface area (TPSA) is 50.1 Å². The minimum atomic E-state index is -0.952. The predicted molar refractivity (Wildman–Crippen MR) is 75.6 cm³/mol. The lowest BCUT2D eigenvalue weighted by molar-refractivity contribution is 0.173. The highest BCUT2D eigenvalue weighted by atomic mass is 19.2. The molecule has 2 N–H and O–H groups in total. The lowest BCUT2D eigenvalue weighted by Crippen LogP contribution is -2.21. The molecule has 0 fully saturated rings. The van der Waals surface area contributed by atoms with Gasteiger partial charge < -0.3 is 10.4 Å². The number of rotatable bonds is 6. The van der Waals surface area contributed by atoms with Crippen LogP contribution in [0.3, 0.4) is 0 Å². The fraction of sp³-hybridized carbons (Fsp3) is 0.400. The summed E-state index contributed by atoms with van der Waals surface area (Å²) in [6.07, 6.45) is 1.88. The van der Waals surface area contributed by atoms with Crippen molar-refractivity contribution in [1.82, 2.24) is 15.1 Å². The van der Waals surface area contributed by atoms with Crippen molar-refractivity contribution in [2.45, 2.75) is 26.0 Å². The van der Waals surface area contributed by atoms with Gasteiger partial charge in [0.1, 0.15) is 0 Å². The van der Waals surface area contributed by atoms with Gasteiger partial charge in [-0.25, -0.2) is 8.78 Å². The Morgan fingerprint density at radius 3 is 2.76 bits per heavy atom. The van der Waals surface area contributed by atoms with E-state index in [0.717, 1.165) is 29.8 Å². The molecule has 2 rings (SSSR count). The maximum atomic E-state index is 13.1. The highest BCUT2D eigenvalue weighted by Crippen LogP contribution is 2.16. The zero-order valence-corrected chi connectivity index (χ0v) is 12.1. The van der Waals surface area contributed by atoms with Crippen molar-refractivity contribution in [2.75, 3.05) is 6.54 Å². The normalized spacial score (nSPS) is 12.6. The van der Waals surface area contributed by atoms with Crippen LogP contribution in [-0.4, -0.2) is 21.4 Å². The molecule has 0 bridgehead atoms. The summed E-state index contributed by atoms with van der Waals surface area (Å²) in [6.45, 7) is 2.85. The van der Waals surface area contributed by atoms with Crippen LogP contribution in [0.1, 0.15) is 29.8 Å². The van der Waals surface area contributed by atoms with Crippen LogP contribution in [0, 0.1) is 11.6 Å². The van der Waals surface area contributed by atoms with Gasteiger partial charge in [0, 0.05) is 31.9 Å². The number of nitrogens with one attached hydrogen (secondary N) is 1. The Bertz CT molecular complexity index is 613. The third kappa shape index (κ3) is 3.86. The highest BCUT2D eigenvalue weighted by molar-refractivity contribution is 5.20. The number of halogens is 2. The largest absolute Gasteiger partial charge is 0.387 e. The predicted octanol–water partition coefficient (Wildman–Crippen LogP) is 2.08. The summed E-state index contributed by atoms with van der Waals surface area (Å²) in [7, 11) is 1.86. The molecule has 0 aliphatic heterocycles. The summed E-state index contributed by atoms with van der Waals surface area (Å²) in [6, 6.07) is 3.42. The summed E-state index contributed by atoms with van der Waals surface area (Å²) in [5.74, 6) is -1.87. The average Bonchev–Trinajstić information content (AvgIpc) is 2.82. The van der Waals surface area contributed by atoms with E-state index in [1.165, 1.54) is 6.07 Å². The molecule has 0 spiro atoms. The Morgan fingerprint density at radius 2 is 2.10 bits per heavy atom. The van der Waals surface area contributed by atoms with Gasteiger partial charge in [-0.1, -0.05) is 13.0 Å². The van der Waals surface area contributed by atoms with Gasteiger partial charge in [-0.15, -0.1) is 0 Å². The van der Waals surface area contributed by atoms with E-state index in [2.05, 4.69) is 10.4 Å². The molecular formula is C15H19F2N3O. The first-order chi connectivity index (χ1) is 10.0. The first-order valence-corrected chi connectivity index (χ1v) is 6.86. The van der Waals surface area contributed by atoms with Gasteiger partial charge in [-0.05, 0) is 24.1 Å². The summed E-state index contributed by atoms with van der Waals surface area (Å²) < 4.78 is 27.7. The molecule has 0 amide bonds. The summed E-state index contributed by atoms with van der Waals surface area (Å²) in [5.41, 5.74) is 2.42. The molecule has 2 aromatic rings. The fourth-order valence-electron chi connectivity index (χ4n) is 2.21. The van der Waals surface area contributed by atoms with Crippen molar-refractivity contribution < 1.29 is 13.9 Å². The average molecular weight is 295 g/mol. The fourth-order valence-corrected chi connectivity index (χ4v) is 2.21. The van der Waals surface area contributed by atoms with Gasteiger partial charge in [0.15, 0.2) is 11.6 Å². The number of hydrogen-bond donors (Lipinski definition) is 2. The third-order valence-electron chi connectivity index (χ3n) is 3.31. The number of aryl methyl sites for hydroxylation is 2. The van der Waals surface area contributed by atoms with Gasteiger partial charge in [0.2, 0.25) is 0 Å². The van der Waals surface area contributed by atoms with E-state index in [4.69, 9.17) is 0 Å². The quantitative estimate of drug-likeness (QED) is 0.858. The van der Waals surface area contributed by atoms with Crippen molar-refractivity contribution in [3.63, 3.8) is 0 Å². The molecule has 0 saturated heterocycles. The molecule has 0 aliphatic rings. The lowest BCUT2D eigenvalue weighted by Gasteiger charge is -2.12. The molecular weight excluding hydrogens is 276 g/mol. The Labute approximate surface area is 122 Å². The second-order valence-electron chi connectivity index (χ2n) is 4.95. The van der Waals surface area contributed by atoms with E-state index in [0.29, 0.717) is 12.1 Å². The highest BCUT2D eigenvalue weighted by Gasteiger charge is 2.11. The van der Waals surface area contributed by atoms with Crippen LogP contribution in [0.4, 0.5) is 8.78 Å². The van der Waals surface area contributed by atoms with Crippen LogP contribution < -0.4 is 5.32 Å². The van der Waals surface area contributed by atoms with E-state index in [1.807, 2.05) is 20.2 Å². The maximum absolute atomic E-state index is 13.1. The van der Waals surface area contributed by atoms with Crippen LogP contribution in [0.15, 0.2) is 24.4 Å². The van der Waals surface area contributed by atoms with Crippen molar-refractivity contribution in [1.29, 1.82) is 0 Å². The van der Waals surface area contributed by atoms with Gasteiger partial charge in [0.25, 0.3) is 0 Å². The summed E-state index contributed by atoms with van der Waals surface area (Å²) >= 11 is 0. The molecule has 114 valence electrons. The van der Waals surface area contributed by atoms with E-state index in [9.17, 15) is 13.9 Å². The number of benzene rings is 1. The second kappa shape index (κ2) is 6.78. The van der Waals surface area contributed by atoms with Crippen LogP contribution in [0.25, 0.3) is 0 Å². The SMILES string of the molecule is CCc1nn(C)cc1CNCC(O)c1ccc(F)c(F)c1. The lowest BCUT2D eigenvalue weighted by atomic mass is 10.1. The second-order valence-corrected chi connectivity index (χ2v) is 4.95. The molecule has 1 unspecified atom stereocenters. The van der Waals surface area contributed by atoms with E-state index in [1.54, 1.807) is 4.68 Å². The van der Waals surface area contributed by atoms with Gasteiger partial charge in [-0.3, -0.25) is 4.68 Å². The van der Waals surface area contributed by atoms with E-state index < -0.39 is 17.7 Å². The molecule has 0 saturated carbocycles. The van der Waals surface area contributed by atoms with Gasteiger partial charge in [0.05, 0.1) is 11.8 Å². The monoisotopic (exact) mass is 295 g/mol. The first-order valence-electron chi connectivity index (χ1n) is 6.86. The minimum Gasteiger partial charge on any atom is -0.387 e. The number of aromatic nitrogens is 2. The van der Waals surface area contributed by atoms with Crippen LogP contribution in [0.5, 0.6) is 0 Å². The maximum Gasteiger partial charge on any atom is 0.159 e. The summed E-state index contributed by atoms with van der Waals surface area (Å²) in [4.78, 5) is 0. The minimum absolute atomic E-state index is 0.253. The smallest absolute Gasteiger partial charge is 0.159 e. The molecule has 21 heavy (non-hydrogen) atoms. The summed E-state index contributed by atoms with van der Waals surface area (Å²) in [5, 5.41) is 17.4. The zero-order chi connectivity index (χ0) is 15.4. The number of aliphatic hydroxyl groups is 1. The number of aliphatic hydroxyl groups excluding tert-OH is 1. The molecule has 0 aliphatic carbocycles. The molecule has 4 nitrogen and oxygen atoms in total. The molecule has 1 heterocycles. The Balaban J connectivity index is 1.91. The molecule has 1 aromatic carbocycles. The molecule has 1 aromatic heterocycles. The number of nitrogens with zero attached hydrogens (tertiary/aromatic N) is 2. The van der Waals surface area contributed by atoms with Crippen LogP contribution in [0.2, 0.25) is 0 Å². The first kappa shape index (κ1) is 15.6. The molecule has 6 heteroatoms. The standard InChI is InChI=1S/C15H19F2N3O/c1-3-14-11(9-20(2)19-14)7-18-8-15(21)10-4-5-12(16)13(17)6-10/h4-6,9,15,18,21H,3,7-8H2,1-2H3. The molecule has 0 radical (unpaired) electrons. The van der Waals surface area contributed by atoms with Gasteiger partial charge in [-0.2, -0.15) is 5.10 Å². The van der Waals surface area contributed by atoms with Gasteiger partial charge >= 0.3 is 0 Å². The number of hydrogen-bond acceptors (Lipinski definition) is 3. The molecule has 1 atom stereocenters. The van der Waals surface area contributed by atoms with E-state index >= 15 is 0 Å². The van der Waals surface area contributed by atoms with E-state index in [-0.39, 0.29) is 6.54 Å². The Hall–Kier alpha value is -1.79.